The number of rotatable bonds is 5. The van der Waals surface area contributed by atoms with Gasteiger partial charge < -0.3 is 20.2 Å². The largest absolute Gasteiger partial charge is 0.372 e. The predicted molar refractivity (Wildman–Crippen MR) is 117 cm³/mol. The fraction of sp³-hybridized carbons (Fsp3) is 0.348. The monoisotopic (exact) mass is 459 g/mol. The molecule has 0 spiro atoms. The van der Waals surface area contributed by atoms with Gasteiger partial charge in [0, 0.05) is 36.7 Å². The first-order valence-electron chi connectivity index (χ1n) is 10.4. The van der Waals surface area contributed by atoms with Crippen molar-refractivity contribution in [1.82, 2.24) is 10.6 Å². The number of halogens is 2. The van der Waals surface area contributed by atoms with Crippen molar-refractivity contribution in [2.75, 3.05) is 26.2 Å². The SMILES string of the molecule is Cc1ccc(C2=NOC(=O)C2)cc1C(=O)NC[C@@H]1CNCCO[C@H]1c1ccc(Cl)c(F)c1. The van der Waals surface area contributed by atoms with Crippen LogP contribution in [0.25, 0.3) is 0 Å². The lowest BCUT2D eigenvalue weighted by atomic mass is 9.94. The van der Waals surface area contributed by atoms with Crippen LogP contribution < -0.4 is 10.6 Å². The summed E-state index contributed by atoms with van der Waals surface area (Å²) in [6.07, 6.45) is -0.311. The molecule has 4 rings (SSSR count). The van der Waals surface area contributed by atoms with Gasteiger partial charge in [0.05, 0.1) is 29.9 Å². The van der Waals surface area contributed by atoms with Crippen LogP contribution in [0.2, 0.25) is 5.02 Å². The predicted octanol–water partition coefficient (Wildman–Crippen LogP) is 3.15. The van der Waals surface area contributed by atoms with Crippen LogP contribution in [0.5, 0.6) is 0 Å². The minimum atomic E-state index is -0.502. The van der Waals surface area contributed by atoms with E-state index < -0.39 is 11.8 Å². The maximum atomic E-state index is 14.0. The second-order valence-electron chi connectivity index (χ2n) is 7.85. The Morgan fingerprint density at radius 3 is 2.91 bits per heavy atom. The van der Waals surface area contributed by atoms with Crippen molar-refractivity contribution < 1.29 is 23.6 Å². The molecule has 1 fully saturated rings. The highest BCUT2D eigenvalue weighted by Gasteiger charge is 2.28. The zero-order chi connectivity index (χ0) is 22.7. The third kappa shape index (κ3) is 4.98. The van der Waals surface area contributed by atoms with Crippen LogP contribution in [0, 0.1) is 18.7 Å². The summed E-state index contributed by atoms with van der Waals surface area (Å²) in [6, 6.07) is 9.96. The molecule has 0 radical (unpaired) electrons. The first-order chi connectivity index (χ1) is 15.4. The van der Waals surface area contributed by atoms with Crippen LogP contribution >= 0.6 is 11.6 Å². The zero-order valence-corrected chi connectivity index (χ0v) is 18.2. The molecule has 168 valence electrons. The summed E-state index contributed by atoms with van der Waals surface area (Å²) in [6.45, 7) is 3.91. The third-order valence-corrected chi connectivity index (χ3v) is 5.90. The number of hydrogen-bond acceptors (Lipinski definition) is 6. The summed E-state index contributed by atoms with van der Waals surface area (Å²) in [5.74, 6) is -1.29. The molecule has 2 aliphatic heterocycles. The zero-order valence-electron chi connectivity index (χ0n) is 17.5. The highest BCUT2D eigenvalue weighted by Crippen LogP contribution is 2.29. The molecule has 2 atom stereocenters. The normalized spacial score (nSPS) is 21.0. The van der Waals surface area contributed by atoms with Crippen molar-refractivity contribution >= 4 is 29.2 Å². The Hall–Kier alpha value is -2.81. The topological polar surface area (TPSA) is 89.0 Å². The van der Waals surface area contributed by atoms with Gasteiger partial charge in [-0.25, -0.2) is 9.18 Å². The minimum absolute atomic E-state index is 0.0553. The summed E-state index contributed by atoms with van der Waals surface area (Å²) in [4.78, 5) is 29.0. The van der Waals surface area contributed by atoms with Crippen LogP contribution in [-0.4, -0.2) is 43.8 Å². The number of carbonyl (C=O) groups is 2. The number of amides is 1. The van der Waals surface area contributed by atoms with Gasteiger partial charge in [0.15, 0.2) is 0 Å². The van der Waals surface area contributed by atoms with Crippen molar-refractivity contribution in [2.24, 2.45) is 11.1 Å². The van der Waals surface area contributed by atoms with Crippen LogP contribution in [-0.2, 0) is 14.4 Å². The highest BCUT2D eigenvalue weighted by atomic mass is 35.5. The molecule has 7 nitrogen and oxygen atoms in total. The van der Waals surface area contributed by atoms with Gasteiger partial charge in [0.25, 0.3) is 5.91 Å². The number of benzene rings is 2. The maximum absolute atomic E-state index is 14.0. The van der Waals surface area contributed by atoms with Crippen LogP contribution in [0.4, 0.5) is 4.39 Å². The summed E-state index contributed by atoms with van der Waals surface area (Å²) in [5.41, 5.74) is 3.12. The van der Waals surface area contributed by atoms with Crippen molar-refractivity contribution in [1.29, 1.82) is 0 Å². The molecule has 0 aromatic heterocycles. The number of aryl methyl sites for hydroxylation is 1. The third-order valence-electron chi connectivity index (χ3n) is 5.59. The fourth-order valence-electron chi connectivity index (χ4n) is 3.85. The average molecular weight is 460 g/mol. The molecule has 2 heterocycles. The van der Waals surface area contributed by atoms with E-state index >= 15 is 0 Å². The number of nitrogens with one attached hydrogen (secondary N) is 2. The standard InChI is InChI=1S/C23H23ClFN3O4/c1-13-2-3-14(20-10-21(29)32-28-20)8-17(13)23(30)27-12-16-11-26-6-7-31-22(16)15-4-5-18(24)19(25)9-15/h2-5,8-9,16,22,26H,6-7,10-12H2,1H3,(H,27,30)/t16-,22-/m0/s1. The summed E-state index contributed by atoms with van der Waals surface area (Å²) >= 11 is 5.82. The van der Waals surface area contributed by atoms with E-state index in [0.29, 0.717) is 48.6 Å². The van der Waals surface area contributed by atoms with E-state index in [-0.39, 0.29) is 29.4 Å². The Morgan fingerprint density at radius 1 is 1.31 bits per heavy atom. The molecule has 9 heteroatoms. The second kappa shape index (κ2) is 9.77. The second-order valence-corrected chi connectivity index (χ2v) is 8.25. The van der Waals surface area contributed by atoms with Gasteiger partial charge in [-0.1, -0.05) is 35.0 Å². The molecule has 0 aliphatic carbocycles. The highest BCUT2D eigenvalue weighted by molar-refractivity contribution is 6.30. The first kappa shape index (κ1) is 22.4. The van der Waals surface area contributed by atoms with Crippen molar-refractivity contribution in [3.63, 3.8) is 0 Å². The van der Waals surface area contributed by atoms with E-state index in [1.165, 1.54) is 12.1 Å². The quantitative estimate of drug-likeness (QED) is 0.670. The van der Waals surface area contributed by atoms with Crippen molar-refractivity contribution in [3.05, 3.63) is 69.5 Å². The molecule has 2 aromatic rings. The van der Waals surface area contributed by atoms with E-state index in [9.17, 15) is 14.0 Å². The minimum Gasteiger partial charge on any atom is -0.372 e. The maximum Gasteiger partial charge on any atom is 0.341 e. The molecule has 0 unspecified atom stereocenters. The summed E-state index contributed by atoms with van der Waals surface area (Å²) in [7, 11) is 0. The molecule has 32 heavy (non-hydrogen) atoms. The first-order valence-corrected chi connectivity index (χ1v) is 10.7. The molecule has 0 saturated carbocycles. The fourth-order valence-corrected chi connectivity index (χ4v) is 3.97. The number of oxime groups is 1. The Morgan fingerprint density at radius 2 is 2.16 bits per heavy atom. The lowest BCUT2D eigenvalue weighted by Gasteiger charge is -2.25. The van der Waals surface area contributed by atoms with Gasteiger partial charge in [0.1, 0.15) is 5.82 Å². The molecule has 2 aromatic carbocycles. The Balaban J connectivity index is 1.49. The number of carbonyl (C=O) groups excluding carboxylic acids is 2. The Kier molecular flexibility index (Phi) is 6.83. The molecule has 1 saturated heterocycles. The van der Waals surface area contributed by atoms with Gasteiger partial charge in [-0.3, -0.25) is 4.79 Å². The molecule has 2 N–H and O–H groups in total. The van der Waals surface area contributed by atoms with Gasteiger partial charge in [0.2, 0.25) is 0 Å². The molecule has 1 amide bonds. The Bertz CT molecular complexity index is 1080. The van der Waals surface area contributed by atoms with Crippen LogP contribution in [0.3, 0.4) is 0 Å². The smallest absolute Gasteiger partial charge is 0.341 e. The molecule has 0 bridgehead atoms. The Labute approximate surface area is 189 Å². The van der Waals surface area contributed by atoms with Crippen molar-refractivity contribution in [3.8, 4) is 0 Å². The summed E-state index contributed by atoms with van der Waals surface area (Å²) < 4.78 is 20.0. The van der Waals surface area contributed by atoms with Gasteiger partial charge in [-0.2, -0.15) is 0 Å². The van der Waals surface area contributed by atoms with E-state index in [1.807, 2.05) is 13.0 Å². The van der Waals surface area contributed by atoms with Crippen LogP contribution in [0.15, 0.2) is 41.6 Å². The van der Waals surface area contributed by atoms with E-state index in [1.54, 1.807) is 18.2 Å². The number of nitrogens with zero attached hydrogens (tertiary/aromatic N) is 1. The van der Waals surface area contributed by atoms with Gasteiger partial charge >= 0.3 is 5.97 Å². The number of ether oxygens (including phenoxy) is 1. The van der Waals surface area contributed by atoms with Crippen molar-refractivity contribution in [2.45, 2.75) is 19.4 Å². The lowest BCUT2D eigenvalue weighted by molar-refractivity contribution is -0.140. The lowest BCUT2D eigenvalue weighted by Crippen LogP contribution is -2.36. The molecular weight excluding hydrogens is 437 g/mol. The molecule has 2 aliphatic rings. The van der Waals surface area contributed by atoms with Gasteiger partial charge in [-0.05, 0) is 36.2 Å². The summed E-state index contributed by atoms with van der Waals surface area (Å²) in [5, 5.41) is 10.1. The van der Waals surface area contributed by atoms with E-state index in [4.69, 9.17) is 16.3 Å². The van der Waals surface area contributed by atoms with E-state index in [2.05, 4.69) is 20.6 Å². The van der Waals surface area contributed by atoms with Crippen LogP contribution in [0.1, 0.15) is 39.6 Å². The van der Waals surface area contributed by atoms with E-state index in [0.717, 1.165) is 5.56 Å². The van der Waals surface area contributed by atoms with Gasteiger partial charge in [-0.15, -0.1) is 0 Å². The average Bonchev–Trinajstić information content (AvgIpc) is 3.08. The molecular formula is C23H23ClFN3O4. The number of hydrogen-bond donors (Lipinski definition) is 2.